The van der Waals surface area contributed by atoms with Gasteiger partial charge in [-0.1, -0.05) is 28.1 Å². The number of hydrogen-bond donors (Lipinski definition) is 2. The van der Waals surface area contributed by atoms with Crippen LogP contribution in [-0.4, -0.2) is 38.8 Å². The lowest BCUT2D eigenvalue weighted by Crippen LogP contribution is -2.34. The van der Waals surface area contributed by atoms with E-state index in [9.17, 15) is 9.59 Å². The number of amides is 2. The van der Waals surface area contributed by atoms with Crippen molar-refractivity contribution in [1.29, 1.82) is 0 Å². The minimum atomic E-state index is -0.469. The Balaban J connectivity index is 1.47. The number of carbonyl (C=O) groups excluding carboxylic acids is 2. The number of hydrazone groups is 1. The fourth-order valence-corrected chi connectivity index (χ4v) is 3.69. The number of nitrogens with zero attached hydrogens (tertiary/aromatic N) is 1. The number of ether oxygens (including phenoxy) is 3. The van der Waals surface area contributed by atoms with Crippen molar-refractivity contribution in [3.8, 4) is 17.2 Å². The zero-order valence-electron chi connectivity index (χ0n) is 19.0. The van der Waals surface area contributed by atoms with Crippen LogP contribution < -0.4 is 25.0 Å². The molecule has 0 saturated carbocycles. The summed E-state index contributed by atoms with van der Waals surface area (Å²) in [6.07, 6.45) is 1.50. The van der Waals surface area contributed by atoms with E-state index < -0.39 is 11.8 Å². The van der Waals surface area contributed by atoms with E-state index in [1.807, 2.05) is 42.5 Å². The molecule has 0 aliphatic carbocycles. The molecular weight excluding hydrogens is 582 g/mol. The predicted octanol–water partition coefficient (Wildman–Crippen LogP) is 4.69. The van der Waals surface area contributed by atoms with Crippen LogP contribution in [0.5, 0.6) is 17.2 Å². The molecule has 10 heteroatoms. The van der Waals surface area contributed by atoms with Gasteiger partial charge >= 0.3 is 0 Å². The quantitative estimate of drug-likeness (QED) is 0.258. The minimum absolute atomic E-state index is 0.239. The van der Waals surface area contributed by atoms with Gasteiger partial charge in [-0.15, -0.1) is 0 Å². The fourth-order valence-electron chi connectivity index (χ4n) is 2.91. The van der Waals surface area contributed by atoms with Crippen LogP contribution in [0, 0.1) is 0 Å². The number of halogens is 2. The van der Waals surface area contributed by atoms with Gasteiger partial charge in [0, 0.05) is 10.0 Å². The molecule has 0 radical (unpaired) electrons. The first-order valence-electron chi connectivity index (χ1n) is 10.4. The maximum absolute atomic E-state index is 12.3. The zero-order valence-corrected chi connectivity index (χ0v) is 22.2. The molecule has 8 nitrogen and oxygen atoms in total. The van der Waals surface area contributed by atoms with E-state index in [-0.39, 0.29) is 6.54 Å². The van der Waals surface area contributed by atoms with Crippen molar-refractivity contribution in [3.05, 3.63) is 86.3 Å². The van der Waals surface area contributed by atoms with E-state index in [4.69, 9.17) is 14.2 Å². The first-order valence-corrected chi connectivity index (χ1v) is 12.0. The second-order valence-electron chi connectivity index (χ2n) is 7.15. The summed E-state index contributed by atoms with van der Waals surface area (Å²) in [5, 5.41) is 6.47. The lowest BCUT2D eigenvalue weighted by atomic mass is 10.2. The molecule has 182 valence electrons. The summed E-state index contributed by atoms with van der Waals surface area (Å²) in [6.45, 7) is 0.196. The topological polar surface area (TPSA) is 98.2 Å². The van der Waals surface area contributed by atoms with Gasteiger partial charge in [0.15, 0.2) is 11.5 Å². The number of nitrogens with one attached hydrogen (secondary N) is 2. The average molecular weight is 605 g/mol. The first kappa shape index (κ1) is 26.2. The Kier molecular flexibility index (Phi) is 9.68. The second-order valence-corrected chi connectivity index (χ2v) is 8.92. The Labute approximate surface area is 219 Å². The highest BCUT2D eigenvalue weighted by molar-refractivity contribution is 9.10. The van der Waals surface area contributed by atoms with Crippen LogP contribution in [0.25, 0.3) is 0 Å². The van der Waals surface area contributed by atoms with E-state index in [2.05, 4.69) is 47.7 Å². The van der Waals surface area contributed by atoms with Crippen LogP contribution in [-0.2, 0) is 11.4 Å². The summed E-state index contributed by atoms with van der Waals surface area (Å²) in [6, 6.07) is 18.1. The van der Waals surface area contributed by atoms with Gasteiger partial charge in [-0.25, -0.2) is 5.43 Å². The van der Waals surface area contributed by atoms with Gasteiger partial charge in [0.25, 0.3) is 11.8 Å². The lowest BCUT2D eigenvalue weighted by Gasteiger charge is -2.10. The predicted molar refractivity (Wildman–Crippen MR) is 140 cm³/mol. The highest BCUT2D eigenvalue weighted by atomic mass is 79.9. The van der Waals surface area contributed by atoms with Gasteiger partial charge in [0.05, 0.1) is 31.5 Å². The second kappa shape index (κ2) is 12.9. The molecule has 0 saturated heterocycles. The van der Waals surface area contributed by atoms with Crippen LogP contribution in [0.2, 0.25) is 0 Å². The molecule has 0 spiro atoms. The van der Waals surface area contributed by atoms with Crippen molar-refractivity contribution in [1.82, 2.24) is 10.7 Å². The molecule has 0 aromatic heterocycles. The van der Waals surface area contributed by atoms with E-state index >= 15 is 0 Å². The van der Waals surface area contributed by atoms with Crippen molar-refractivity contribution in [2.24, 2.45) is 5.10 Å². The molecular formula is C25H23Br2N3O5. The third kappa shape index (κ3) is 7.83. The van der Waals surface area contributed by atoms with E-state index in [1.165, 1.54) is 26.5 Å². The molecule has 0 aliphatic rings. The summed E-state index contributed by atoms with van der Waals surface area (Å²) in [4.78, 5) is 24.3. The van der Waals surface area contributed by atoms with Gasteiger partial charge in [0.1, 0.15) is 12.4 Å². The molecule has 3 rings (SSSR count). The normalized spacial score (nSPS) is 10.6. The fraction of sp³-hybridized carbons (Fsp3) is 0.160. The maximum atomic E-state index is 12.3. The van der Waals surface area contributed by atoms with Crippen LogP contribution in [0.4, 0.5) is 0 Å². The van der Waals surface area contributed by atoms with Crippen molar-refractivity contribution in [3.63, 3.8) is 0 Å². The molecule has 0 fully saturated rings. The standard InChI is InChI=1S/C25H23Br2N3O5/c1-33-22-10-6-18(12-23(22)34-2)25(32)28-14-24(31)30-29-13-17-5-9-21(20(27)11-17)35-15-16-3-7-19(26)8-4-16/h3-13H,14-15H2,1-2H3,(H,28,32)(H,30,31). The number of hydrogen-bond acceptors (Lipinski definition) is 6. The summed E-state index contributed by atoms with van der Waals surface area (Å²) in [5.41, 5.74) is 4.52. The number of methoxy groups -OCH3 is 2. The number of benzene rings is 3. The summed E-state index contributed by atoms with van der Waals surface area (Å²) in [5.74, 6) is 0.723. The summed E-state index contributed by atoms with van der Waals surface area (Å²) < 4.78 is 18.0. The SMILES string of the molecule is COc1ccc(C(=O)NCC(=O)NN=Cc2ccc(OCc3ccc(Br)cc3)c(Br)c2)cc1OC. The molecule has 0 atom stereocenters. The zero-order chi connectivity index (χ0) is 25.2. The smallest absolute Gasteiger partial charge is 0.259 e. The van der Waals surface area contributed by atoms with Crippen molar-refractivity contribution in [2.75, 3.05) is 20.8 Å². The molecule has 0 bridgehead atoms. The van der Waals surface area contributed by atoms with Gasteiger partial charge in [-0.05, 0) is 75.6 Å². The maximum Gasteiger partial charge on any atom is 0.259 e. The Hall–Kier alpha value is -3.37. The molecule has 3 aromatic rings. The van der Waals surface area contributed by atoms with E-state index in [0.717, 1.165) is 20.1 Å². The first-order chi connectivity index (χ1) is 16.9. The van der Waals surface area contributed by atoms with Gasteiger partial charge in [-0.3, -0.25) is 9.59 Å². The highest BCUT2D eigenvalue weighted by Crippen LogP contribution is 2.28. The third-order valence-corrected chi connectivity index (χ3v) is 5.87. The molecule has 2 N–H and O–H groups in total. The molecule has 35 heavy (non-hydrogen) atoms. The van der Waals surface area contributed by atoms with Gasteiger partial charge < -0.3 is 19.5 Å². The Morgan fingerprint density at radius 3 is 2.31 bits per heavy atom. The van der Waals surface area contributed by atoms with E-state index in [1.54, 1.807) is 12.1 Å². The van der Waals surface area contributed by atoms with Gasteiger partial charge in [-0.2, -0.15) is 5.10 Å². The number of carbonyl (C=O) groups is 2. The summed E-state index contributed by atoms with van der Waals surface area (Å²) >= 11 is 6.90. The summed E-state index contributed by atoms with van der Waals surface area (Å²) in [7, 11) is 2.99. The molecule has 3 aromatic carbocycles. The lowest BCUT2D eigenvalue weighted by molar-refractivity contribution is -0.120. The monoisotopic (exact) mass is 603 g/mol. The molecule has 2 amide bonds. The van der Waals surface area contributed by atoms with E-state index in [0.29, 0.717) is 29.4 Å². The molecule has 0 aliphatic heterocycles. The molecule has 0 unspecified atom stereocenters. The number of rotatable bonds is 10. The van der Waals surface area contributed by atoms with Gasteiger partial charge in [0.2, 0.25) is 0 Å². The largest absolute Gasteiger partial charge is 0.493 e. The van der Waals surface area contributed by atoms with Crippen molar-refractivity contribution in [2.45, 2.75) is 6.61 Å². The Morgan fingerprint density at radius 1 is 0.914 bits per heavy atom. The third-order valence-electron chi connectivity index (χ3n) is 4.72. The molecule has 0 heterocycles. The van der Waals surface area contributed by atoms with Crippen LogP contribution in [0.15, 0.2) is 74.7 Å². The van der Waals surface area contributed by atoms with Crippen molar-refractivity contribution < 1.29 is 23.8 Å². The average Bonchev–Trinajstić information content (AvgIpc) is 2.87. The van der Waals surface area contributed by atoms with Crippen LogP contribution in [0.1, 0.15) is 21.5 Å². The Morgan fingerprint density at radius 2 is 1.63 bits per heavy atom. The Bertz CT molecular complexity index is 1220. The van der Waals surface area contributed by atoms with Crippen LogP contribution >= 0.6 is 31.9 Å². The highest BCUT2D eigenvalue weighted by Gasteiger charge is 2.12. The van der Waals surface area contributed by atoms with Crippen molar-refractivity contribution >= 4 is 49.9 Å². The van der Waals surface area contributed by atoms with Crippen LogP contribution in [0.3, 0.4) is 0 Å². The minimum Gasteiger partial charge on any atom is -0.493 e.